The highest BCUT2D eigenvalue weighted by atomic mass is 16.3. The van der Waals surface area contributed by atoms with Crippen molar-refractivity contribution in [2.45, 2.75) is 44.9 Å². The molecule has 29 heavy (non-hydrogen) atoms. The van der Waals surface area contributed by atoms with E-state index in [1.807, 2.05) is 25.1 Å². The van der Waals surface area contributed by atoms with Crippen LogP contribution in [-0.2, 0) is 7.05 Å². The van der Waals surface area contributed by atoms with Crippen LogP contribution in [0.4, 0.5) is 5.69 Å². The van der Waals surface area contributed by atoms with Gasteiger partial charge in [-0.15, -0.1) is 0 Å². The number of nitrogens with zero attached hydrogens (tertiary/aromatic N) is 2. The van der Waals surface area contributed by atoms with Gasteiger partial charge >= 0.3 is 0 Å². The third-order valence-electron chi connectivity index (χ3n) is 5.94. The van der Waals surface area contributed by atoms with Crippen molar-refractivity contribution in [3.05, 3.63) is 71.1 Å². The smallest absolute Gasteiger partial charge is 0.216 e. The molecule has 0 aliphatic heterocycles. The summed E-state index contributed by atoms with van der Waals surface area (Å²) in [7, 11) is 1.70. The minimum atomic E-state index is -1.02. The molecule has 2 aromatic carbocycles. The summed E-state index contributed by atoms with van der Waals surface area (Å²) in [6.45, 7) is 9.25. The van der Waals surface area contributed by atoms with Crippen molar-refractivity contribution in [3.8, 4) is 11.3 Å². The molecule has 1 saturated carbocycles. The second kappa shape index (κ2) is 7.04. The standard InChI is InChI=1S/C26H25N2O/c1-17-9-11-22-21-12-10-20(27-2)16-24(21)29-26(22)25(17)23-15-19(13-14-28(23)3)18-7-5-4-6-8-18/h9-16,18H,4-8H2,1,3H3/q+1/i13D,14D,15D,18D. The fraction of sp³-hybridized carbons (Fsp3) is 0.308. The van der Waals surface area contributed by atoms with Crippen LogP contribution >= 0.6 is 0 Å². The molecule has 1 aliphatic rings. The molecule has 0 saturated heterocycles. The molecule has 5 rings (SSSR count). The number of fused-ring (bicyclic) bond motifs is 3. The molecule has 1 fully saturated rings. The van der Waals surface area contributed by atoms with Gasteiger partial charge in [0.1, 0.15) is 19.6 Å². The van der Waals surface area contributed by atoms with E-state index in [0.717, 1.165) is 35.6 Å². The van der Waals surface area contributed by atoms with Gasteiger partial charge in [0.2, 0.25) is 5.69 Å². The molecule has 3 heteroatoms. The van der Waals surface area contributed by atoms with E-state index in [2.05, 4.69) is 4.85 Å². The van der Waals surface area contributed by atoms with Crippen molar-refractivity contribution >= 4 is 27.6 Å². The number of aromatic nitrogens is 1. The quantitative estimate of drug-likeness (QED) is 0.269. The van der Waals surface area contributed by atoms with Crippen LogP contribution in [0.15, 0.2) is 53.0 Å². The Bertz CT molecular complexity index is 1480. The van der Waals surface area contributed by atoms with Gasteiger partial charge in [-0.2, -0.15) is 0 Å². The first-order valence-corrected chi connectivity index (χ1v) is 10.1. The number of aryl methyl sites for hydroxylation is 1. The molecule has 144 valence electrons. The Morgan fingerprint density at radius 2 is 1.97 bits per heavy atom. The third-order valence-corrected chi connectivity index (χ3v) is 5.94. The topological polar surface area (TPSA) is 21.4 Å². The molecule has 0 radical (unpaired) electrons. The lowest BCUT2D eigenvalue weighted by atomic mass is 9.84. The highest BCUT2D eigenvalue weighted by molar-refractivity contribution is 6.10. The SMILES string of the molecule is [2H]c1c(C2([2H])CCCCC2)c([2H])c(-c2c(C)ccc3c2oc2cc([N+]#[C-])ccc23)[n+](C)c1[2H]. The first-order chi connectivity index (χ1) is 15.8. The molecule has 0 atom stereocenters. The van der Waals surface area contributed by atoms with Crippen LogP contribution in [0.2, 0.25) is 0 Å². The Morgan fingerprint density at radius 3 is 2.76 bits per heavy atom. The number of rotatable bonds is 2. The van der Waals surface area contributed by atoms with Crippen molar-refractivity contribution < 1.29 is 14.5 Å². The molecule has 0 bridgehead atoms. The summed E-state index contributed by atoms with van der Waals surface area (Å²) in [4.78, 5) is 3.50. The van der Waals surface area contributed by atoms with Gasteiger partial charge in [-0.1, -0.05) is 43.5 Å². The molecule has 0 amide bonds. The normalized spacial score (nSPS) is 18.1. The zero-order valence-corrected chi connectivity index (χ0v) is 16.7. The lowest BCUT2D eigenvalue weighted by molar-refractivity contribution is -0.660. The highest BCUT2D eigenvalue weighted by Gasteiger charge is 2.23. The van der Waals surface area contributed by atoms with Crippen LogP contribution in [0.5, 0.6) is 0 Å². The highest BCUT2D eigenvalue weighted by Crippen LogP contribution is 2.39. The minimum absolute atomic E-state index is 0.00370. The number of hydrogen-bond acceptors (Lipinski definition) is 1. The summed E-state index contributed by atoms with van der Waals surface area (Å²) in [6, 6.07) is 9.43. The van der Waals surface area contributed by atoms with Crippen LogP contribution in [0.3, 0.4) is 0 Å². The molecule has 3 nitrogen and oxygen atoms in total. The van der Waals surface area contributed by atoms with Gasteiger partial charge in [0.15, 0.2) is 11.9 Å². The molecule has 0 unspecified atom stereocenters. The fourth-order valence-electron chi connectivity index (χ4n) is 4.36. The molecule has 4 aromatic rings. The number of furan rings is 1. The molecule has 2 heterocycles. The van der Waals surface area contributed by atoms with Gasteiger partial charge in [-0.3, -0.25) is 0 Å². The lowest BCUT2D eigenvalue weighted by Gasteiger charge is -2.21. The predicted molar refractivity (Wildman–Crippen MR) is 117 cm³/mol. The van der Waals surface area contributed by atoms with Crippen LogP contribution in [-0.4, -0.2) is 0 Å². The van der Waals surface area contributed by atoms with E-state index in [9.17, 15) is 0 Å². The summed E-state index contributed by atoms with van der Waals surface area (Å²) < 4.78 is 43.4. The van der Waals surface area contributed by atoms with E-state index >= 15 is 0 Å². The monoisotopic (exact) mass is 385 g/mol. The summed E-state index contributed by atoms with van der Waals surface area (Å²) in [5.41, 5.74) is 4.14. The average molecular weight is 386 g/mol. The maximum atomic E-state index is 9.17. The largest absolute Gasteiger partial charge is 0.456 e. The maximum Gasteiger partial charge on any atom is 0.216 e. The van der Waals surface area contributed by atoms with Crippen molar-refractivity contribution in [3.63, 3.8) is 0 Å². The van der Waals surface area contributed by atoms with Crippen molar-refractivity contribution in [2.24, 2.45) is 7.05 Å². The number of hydrogen-bond donors (Lipinski definition) is 0. The summed E-state index contributed by atoms with van der Waals surface area (Å²) in [6.07, 6.45) is 4.05. The Kier molecular flexibility index (Phi) is 3.39. The third kappa shape index (κ3) is 3.00. The Hall–Kier alpha value is -3.12. The van der Waals surface area contributed by atoms with Gasteiger partial charge in [0.05, 0.1) is 14.9 Å². The molecular formula is C26H25N2O+. The van der Waals surface area contributed by atoms with Crippen LogP contribution in [0.1, 0.15) is 54.6 Å². The average Bonchev–Trinajstić information content (AvgIpc) is 3.17. The van der Waals surface area contributed by atoms with Gasteiger partial charge in [-0.05, 0) is 42.9 Å². The molecule has 2 aromatic heterocycles. The van der Waals surface area contributed by atoms with E-state index < -0.39 is 5.89 Å². The van der Waals surface area contributed by atoms with E-state index in [0.29, 0.717) is 46.5 Å². The number of benzene rings is 2. The van der Waals surface area contributed by atoms with E-state index in [1.54, 1.807) is 23.7 Å². The predicted octanol–water partition coefficient (Wildman–Crippen LogP) is 6.98. The second-order valence-corrected chi connectivity index (χ2v) is 7.84. The van der Waals surface area contributed by atoms with Crippen molar-refractivity contribution in [1.82, 2.24) is 0 Å². The molecular weight excluding hydrogens is 356 g/mol. The van der Waals surface area contributed by atoms with Gasteiger partial charge in [0, 0.05) is 24.2 Å². The first-order valence-electron chi connectivity index (χ1n) is 12.1. The molecule has 0 N–H and O–H groups in total. The van der Waals surface area contributed by atoms with Gasteiger partial charge in [-0.25, -0.2) is 9.41 Å². The Balaban J connectivity index is 1.87. The van der Waals surface area contributed by atoms with Crippen LogP contribution in [0.25, 0.3) is 38.0 Å². The van der Waals surface area contributed by atoms with Crippen molar-refractivity contribution in [1.29, 1.82) is 0 Å². The summed E-state index contributed by atoms with van der Waals surface area (Å²) >= 11 is 0. The number of pyridine rings is 1. The Labute approximate surface area is 177 Å². The minimum Gasteiger partial charge on any atom is -0.456 e. The van der Waals surface area contributed by atoms with Crippen LogP contribution < -0.4 is 4.57 Å². The Morgan fingerprint density at radius 1 is 1.17 bits per heavy atom. The maximum absolute atomic E-state index is 9.17. The van der Waals surface area contributed by atoms with E-state index in [4.69, 9.17) is 16.5 Å². The van der Waals surface area contributed by atoms with Gasteiger partial charge < -0.3 is 4.42 Å². The zero-order valence-electron chi connectivity index (χ0n) is 20.7. The fourth-order valence-corrected chi connectivity index (χ4v) is 4.36. The lowest BCUT2D eigenvalue weighted by Crippen LogP contribution is -2.31. The molecule has 1 aliphatic carbocycles. The zero-order chi connectivity index (χ0) is 23.5. The summed E-state index contributed by atoms with van der Waals surface area (Å²) in [5, 5.41) is 1.77. The summed E-state index contributed by atoms with van der Waals surface area (Å²) in [5.74, 6) is -1.02. The van der Waals surface area contributed by atoms with E-state index in [1.165, 1.54) is 0 Å². The second-order valence-electron chi connectivity index (χ2n) is 7.84. The van der Waals surface area contributed by atoms with Crippen LogP contribution in [0, 0.1) is 13.5 Å². The van der Waals surface area contributed by atoms with Gasteiger partial charge in [0.25, 0.3) is 0 Å². The molecule has 0 spiro atoms. The van der Waals surface area contributed by atoms with Crippen molar-refractivity contribution in [2.75, 3.05) is 0 Å². The first kappa shape index (κ1) is 14.0. The van der Waals surface area contributed by atoms with E-state index in [-0.39, 0.29) is 18.3 Å².